The van der Waals surface area contributed by atoms with Gasteiger partial charge in [0.25, 0.3) is 5.88 Å². The van der Waals surface area contributed by atoms with E-state index in [0.29, 0.717) is 24.2 Å². The molecular weight excluding hydrogens is 422 g/mol. The van der Waals surface area contributed by atoms with Gasteiger partial charge in [-0.25, -0.2) is 0 Å². The first-order valence-electron chi connectivity index (χ1n) is 11.0. The van der Waals surface area contributed by atoms with Gasteiger partial charge in [0.05, 0.1) is 0 Å². The lowest BCUT2D eigenvalue weighted by atomic mass is 9.59. The average molecular weight is 443 g/mol. The van der Waals surface area contributed by atoms with E-state index in [0.717, 1.165) is 11.1 Å². The summed E-state index contributed by atoms with van der Waals surface area (Å²) in [5.74, 6) is -2.31. The van der Waals surface area contributed by atoms with Crippen LogP contribution in [0, 0.1) is 11.8 Å². The molecule has 0 unspecified atom stereocenters. The number of aliphatic hydroxyl groups excluding tert-OH is 1. The van der Waals surface area contributed by atoms with Crippen LogP contribution < -0.4 is 4.74 Å². The van der Waals surface area contributed by atoms with Crippen molar-refractivity contribution < 1.29 is 29.1 Å². The quantitative estimate of drug-likeness (QED) is 0.597. The Labute approximate surface area is 189 Å². The van der Waals surface area contributed by atoms with Gasteiger partial charge in [0.15, 0.2) is 11.4 Å². The van der Waals surface area contributed by atoms with E-state index in [1.807, 2.05) is 42.5 Å². The smallest absolute Gasteiger partial charge is 0.265 e. The molecule has 0 amide bonds. The summed E-state index contributed by atoms with van der Waals surface area (Å²) in [6, 6.07) is 16.7. The van der Waals surface area contributed by atoms with Gasteiger partial charge in [-0.2, -0.15) is 0 Å². The van der Waals surface area contributed by atoms with Crippen molar-refractivity contribution in [2.45, 2.75) is 31.5 Å². The molecule has 166 valence electrons. The van der Waals surface area contributed by atoms with Crippen LogP contribution in [0.25, 0.3) is 5.76 Å². The van der Waals surface area contributed by atoms with Gasteiger partial charge in [-0.15, -0.1) is 0 Å². The fraction of sp³-hybridized carbons (Fsp3) is 0.269. The van der Waals surface area contributed by atoms with Gasteiger partial charge in [0, 0.05) is 23.5 Å². The molecule has 2 aromatic carbocycles. The van der Waals surface area contributed by atoms with Gasteiger partial charge >= 0.3 is 0 Å². The first-order chi connectivity index (χ1) is 16.0. The zero-order valence-electron chi connectivity index (χ0n) is 17.7. The van der Waals surface area contributed by atoms with Crippen LogP contribution in [0.4, 0.5) is 0 Å². The topological polar surface area (TPSA) is 110 Å². The van der Waals surface area contributed by atoms with Crippen LogP contribution in [0.2, 0.25) is 0 Å². The predicted molar refractivity (Wildman–Crippen MR) is 117 cm³/mol. The van der Waals surface area contributed by atoms with E-state index < -0.39 is 23.1 Å². The van der Waals surface area contributed by atoms with Crippen LogP contribution in [0.3, 0.4) is 0 Å². The maximum Gasteiger partial charge on any atom is 0.265 e. The number of Topliss-reactive ketones (excluding diaryl/α,β-unsaturated/α-hetero) is 2. The number of benzene rings is 2. The number of nitrogens with zero attached hydrogens (tertiary/aromatic N) is 1. The molecule has 7 heteroatoms. The van der Waals surface area contributed by atoms with E-state index in [4.69, 9.17) is 9.26 Å². The zero-order chi connectivity index (χ0) is 22.7. The molecule has 3 aromatic rings. The SMILES string of the molecule is O=C1C2=C(O)c3ccccc3C[C@H]2C[C@H]2Cc3onc(OCc4ccccc4)c3C(=O)[C@@]12O. The third-order valence-corrected chi connectivity index (χ3v) is 7.11. The molecule has 33 heavy (non-hydrogen) atoms. The van der Waals surface area contributed by atoms with Gasteiger partial charge in [0.2, 0.25) is 11.6 Å². The lowest BCUT2D eigenvalue weighted by molar-refractivity contribution is -0.138. The number of ketones is 2. The van der Waals surface area contributed by atoms with Crippen molar-refractivity contribution in [3.8, 4) is 5.88 Å². The van der Waals surface area contributed by atoms with Crippen molar-refractivity contribution in [1.29, 1.82) is 0 Å². The number of hydrogen-bond acceptors (Lipinski definition) is 7. The van der Waals surface area contributed by atoms with Crippen LogP contribution in [0.5, 0.6) is 5.88 Å². The summed E-state index contributed by atoms with van der Waals surface area (Å²) in [7, 11) is 0. The molecule has 3 atom stereocenters. The number of aromatic nitrogens is 1. The molecule has 2 N–H and O–H groups in total. The molecule has 1 saturated carbocycles. The van der Waals surface area contributed by atoms with Crippen molar-refractivity contribution in [3.63, 3.8) is 0 Å². The fourth-order valence-corrected chi connectivity index (χ4v) is 5.46. The lowest BCUT2D eigenvalue weighted by Crippen LogP contribution is -2.60. The molecule has 1 heterocycles. The summed E-state index contributed by atoms with van der Waals surface area (Å²) in [6.07, 6.45) is 1.13. The van der Waals surface area contributed by atoms with E-state index in [-0.39, 0.29) is 41.7 Å². The number of hydrogen-bond donors (Lipinski definition) is 2. The van der Waals surface area contributed by atoms with Crippen LogP contribution >= 0.6 is 0 Å². The fourth-order valence-electron chi connectivity index (χ4n) is 5.46. The molecule has 0 saturated heterocycles. The first-order valence-corrected chi connectivity index (χ1v) is 11.0. The highest BCUT2D eigenvalue weighted by atomic mass is 16.5. The molecule has 0 aliphatic heterocycles. The Balaban J connectivity index is 1.38. The predicted octanol–water partition coefficient (Wildman–Crippen LogP) is 3.45. The highest BCUT2D eigenvalue weighted by Gasteiger charge is 2.61. The van der Waals surface area contributed by atoms with Gasteiger partial charge in [0.1, 0.15) is 17.9 Å². The van der Waals surface area contributed by atoms with E-state index in [2.05, 4.69) is 5.16 Å². The molecule has 1 fully saturated rings. The highest BCUT2D eigenvalue weighted by molar-refractivity contribution is 6.26. The van der Waals surface area contributed by atoms with Crippen LogP contribution in [0.1, 0.15) is 39.2 Å². The van der Waals surface area contributed by atoms with Crippen molar-refractivity contribution in [2.24, 2.45) is 11.8 Å². The Hall–Kier alpha value is -3.71. The molecule has 6 rings (SSSR count). The average Bonchev–Trinajstić information content (AvgIpc) is 3.23. The maximum absolute atomic E-state index is 13.6. The molecule has 0 bridgehead atoms. The molecule has 0 spiro atoms. The zero-order valence-corrected chi connectivity index (χ0v) is 17.7. The summed E-state index contributed by atoms with van der Waals surface area (Å²) in [4.78, 5) is 27.1. The number of carbonyl (C=O) groups excluding carboxylic acids is 2. The highest BCUT2D eigenvalue weighted by Crippen LogP contribution is 2.50. The number of carbonyl (C=O) groups is 2. The molecule has 0 radical (unpaired) electrons. The standard InChI is InChI=1S/C26H21NO6/c28-22-18-9-5-4-8-15(18)10-16-11-17-12-19-21(24(30)26(17,31)23(29)20(16)22)25(27-33-19)32-13-14-6-2-1-3-7-14/h1-9,16-17,28,31H,10-13H2/t16-,17-,26-/m0/s1. The second-order valence-corrected chi connectivity index (χ2v) is 8.94. The normalized spacial score (nSPS) is 25.7. The monoisotopic (exact) mass is 443 g/mol. The minimum atomic E-state index is -2.28. The van der Waals surface area contributed by atoms with E-state index >= 15 is 0 Å². The Morgan fingerprint density at radius 2 is 1.79 bits per heavy atom. The Kier molecular flexibility index (Phi) is 4.32. The lowest BCUT2D eigenvalue weighted by Gasteiger charge is -2.45. The third-order valence-electron chi connectivity index (χ3n) is 7.11. The second-order valence-electron chi connectivity index (χ2n) is 8.94. The number of ether oxygens (including phenoxy) is 1. The van der Waals surface area contributed by atoms with E-state index in [1.165, 1.54) is 0 Å². The minimum absolute atomic E-state index is 0.00720. The molecule has 7 nitrogen and oxygen atoms in total. The third kappa shape index (κ3) is 2.82. The van der Waals surface area contributed by atoms with Crippen molar-refractivity contribution >= 4 is 17.3 Å². The van der Waals surface area contributed by atoms with Crippen LogP contribution in [-0.4, -0.2) is 32.5 Å². The van der Waals surface area contributed by atoms with Gasteiger partial charge in [-0.1, -0.05) is 54.6 Å². The van der Waals surface area contributed by atoms with Crippen molar-refractivity contribution in [2.75, 3.05) is 0 Å². The van der Waals surface area contributed by atoms with E-state index in [9.17, 15) is 19.8 Å². The summed E-state index contributed by atoms with van der Waals surface area (Å²) < 4.78 is 11.1. The molecule has 1 aromatic heterocycles. The number of rotatable bonds is 3. The van der Waals surface area contributed by atoms with Crippen molar-refractivity contribution in [3.05, 3.63) is 88.2 Å². The molecule has 3 aliphatic rings. The molecule has 3 aliphatic carbocycles. The van der Waals surface area contributed by atoms with Gasteiger partial charge in [-0.05, 0) is 35.0 Å². The summed E-state index contributed by atoms with van der Waals surface area (Å²) in [5.41, 5.74) is 0.248. The summed E-state index contributed by atoms with van der Waals surface area (Å²) in [6.45, 7) is 0.160. The minimum Gasteiger partial charge on any atom is -0.507 e. The number of fused-ring (bicyclic) bond motifs is 4. The van der Waals surface area contributed by atoms with Crippen molar-refractivity contribution in [1.82, 2.24) is 5.16 Å². The second kappa shape index (κ2) is 7.15. The number of aliphatic hydroxyl groups is 2. The Bertz CT molecular complexity index is 1320. The Morgan fingerprint density at radius 3 is 2.61 bits per heavy atom. The largest absolute Gasteiger partial charge is 0.507 e. The van der Waals surface area contributed by atoms with Gasteiger partial charge in [-0.3, -0.25) is 9.59 Å². The summed E-state index contributed by atoms with van der Waals surface area (Å²) in [5, 5.41) is 26.4. The Morgan fingerprint density at radius 1 is 1.03 bits per heavy atom. The first kappa shape index (κ1) is 19.9. The van der Waals surface area contributed by atoms with Crippen LogP contribution in [0.15, 0.2) is 64.7 Å². The molecular formula is C26H21NO6. The summed E-state index contributed by atoms with van der Waals surface area (Å²) >= 11 is 0. The maximum atomic E-state index is 13.6. The van der Waals surface area contributed by atoms with E-state index in [1.54, 1.807) is 12.1 Å². The van der Waals surface area contributed by atoms with Crippen LogP contribution in [-0.2, 0) is 24.2 Å². The van der Waals surface area contributed by atoms with Gasteiger partial charge < -0.3 is 19.5 Å².